The van der Waals surface area contributed by atoms with Crippen molar-refractivity contribution in [3.8, 4) is 0 Å². The SMILES string of the molecule is CCO.O=Cc1cc(Br)c[nH]1. The van der Waals surface area contributed by atoms with Gasteiger partial charge in [-0.2, -0.15) is 0 Å². The fraction of sp³-hybridized carbons (Fsp3) is 0.286. The third-order valence-electron chi connectivity index (χ3n) is 0.797. The third kappa shape index (κ3) is 4.75. The summed E-state index contributed by atoms with van der Waals surface area (Å²) in [6.45, 7) is 1.93. The van der Waals surface area contributed by atoms with Crippen LogP contribution in [0.4, 0.5) is 0 Å². The lowest BCUT2D eigenvalue weighted by Gasteiger charge is -1.70. The summed E-state index contributed by atoms with van der Waals surface area (Å²) < 4.78 is 0.902. The first-order chi connectivity index (χ1) is 5.24. The zero-order valence-electron chi connectivity index (χ0n) is 6.17. The van der Waals surface area contributed by atoms with E-state index in [0.717, 1.165) is 10.8 Å². The number of carbonyl (C=O) groups excluding carboxylic acids is 1. The molecule has 62 valence electrons. The van der Waals surface area contributed by atoms with Crippen LogP contribution in [-0.4, -0.2) is 23.0 Å². The van der Waals surface area contributed by atoms with Gasteiger partial charge >= 0.3 is 0 Å². The Labute approximate surface area is 73.6 Å². The largest absolute Gasteiger partial charge is 0.397 e. The molecule has 3 nitrogen and oxygen atoms in total. The number of hydrogen-bond acceptors (Lipinski definition) is 2. The van der Waals surface area contributed by atoms with Gasteiger partial charge in [0.15, 0.2) is 6.29 Å². The van der Waals surface area contributed by atoms with Gasteiger partial charge < -0.3 is 10.1 Å². The molecule has 11 heavy (non-hydrogen) atoms. The highest BCUT2D eigenvalue weighted by atomic mass is 79.9. The van der Waals surface area contributed by atoms with Crippen LogP contribution in [0.25, 0.3) is 0 Å². The number of nitrogens with one attached hydrogen (secondary N) is 1. The van der Waals surface area contributed by atoms with Crippen molar-refractivity contribution >= 4 is 22.2 Å². The van der Waals surface area contributed by atoms with Gasteiger partial charge in [0, 0.05) is 17.3 Å². The van der Waals surface area contributed by atoms with E-state index in [1.807, 2.05) is 0 Å². The number of aliphatic hydroxyl groups is 1. The number of aliphatic hydroxyl groups excluding tert-OH is 1. The number of aromatic nitrogens is 1. The lowest BCUT2D eigenvalue weighted by atomic mass is 10.5. The Morgan fingerprint density at radius 1 is 1.82 bits per heavy atom. The van der Waals surface area contributed by atoms with Crippen LogP contribution in [0.3, 0.4) is 0 Å². The first-order valence-corrected chi connectivity index (χ1v) is 3.93. The van der Waals surface area contributed by atoms with Gasteiger partial charge in [-0.25, -0.2) is 0 Å². The van der Waals surface area contributed by atoms with E-state index in [2.05, 4.69) is 20.9 Å². The summed E-state index contributed by atoms with van der Waals surface area (Å²) in [5, 5.41) is 7.57. The van der Waals surface area contributed by atoms with Crippen molar-refractivity contribution in [3.63, 3.8) is 0 Å². The van der Waals surface area contributed by atoms with Gasteiger partial charge in [-0.1, -0.05) is 0 Å². The van der Waals surface area contributed by atoms with E-state index in [9.17, 15) is 4.79 Å². The smallest absolute Gasteiger partial charge is 0.166 e. The molecule has 1 aromatic rings. The molecule has 0 saturated heterocycles. The molecule has 0 aliphatic rings. The molecule has 0 radical (unpaired) electrons. The van der Waals surface area contributed by atoms with Crippen LogP contribution in [0, 0.1) is 0 Å². The summed E-state index contributed by atoms with van der Waals surface area (Å²) >= 11 is 3.18. The maximum atomic E-state index is 9.97. The molecule has 0 saturated carbocycles. The normalized spacial score (nSPS) is 8.27. The number of H-pyrrole nitrogens is 1. The average Bonchev–Trinajstić information content (AvgIpc) is 2.37. The van der Waals surface area contributed by atoms with Gasteiger partial charge in [0.2, 0.25) is 0 Å². The molecule has 0 aromatic carbocycles. The number of carbonyl (C=O) groups is 1. The molecule has 0 atom stereocenters. The first kappa shape index (κ1) is 10.4. The lowest BCUT2D eigenvalue weighted by molar-refractivity contribution is 0.111. The van der Waals surface area contributed by atoms with Crippen molar-refractivity contribution in [2.24, 2.45) is 0 Å². The number of rotatable bonds is 1. The second-order valence-electron chi connectivity index (χ2n) is 1.71. The molecule has 0 amide bonds. The average molecular weight is 220 g/mol. The van der Waals surface area contributed by atoms with E-state index in [4.69, 9.17) is 5.11 Å². The molecule has 2 N–H and O–H groups in total. The second-order valence-corrected chi connectivity index (χ2v) is 2.62. The lowest BCUT2D eigenvalue weighted by Crippen LogP contribution is -1.72. The highest BCUT2D eigenvalue weighted by Gasteiger charge is 1.90. The highest BCUT2D eigenvalue weighted by molar-refractivity contribution is 9.10. The minimum absolute atomic E-state index is 0.250. The van der Waals surface area contributed by atoms with Crippen molar-refractivity contribution in [3.05, 3.63) is 22.4 Å². The number of aromatic amines is 1. The van der Waals surface area contributed by atoms with Crippen LogP contribution in [0.15, 0.2) is 16.7 Å². The van der Waals surface area contributed by atoms with E-state index in [1.54, 1.807) is 19.2 Å². The van der Waals surface area contributed by atoms with Gasteiger partial charge in [-0.15, -0.1) is 0 Å². The number of hydrogen-bond donors (Lipinski definition) is 2. The zero-order chi connectivity index (χ0) is 8.69. The fourth-order valence-corrected chi connectivity index (χ4v) is 0.813. The molecule has 0 bridgehead atoms. The number of halogens is 1. The maximum Gasteiger partial charge on any atom is 0.166 e. The molecule has 4 heteroatoms. The Morgan fingerprint density at radius 3 is 2.55 bits per heavy atom. The molecule has 0 spiro atoms. The Kier molecular flexibility index (Phi) is 5.78. The van der Waals surface area contributed by atoms with Crippen molar-refractivity contribution in [1.82, 2.24) is 4.98 Å². The predicted octanol–water partition coefficient (Wildman–Crippen LogP) is 1.59. The summed E-state index contributed by atoms with van der Waals surface area (Å²) in [7, 11) is 0. The number of aldehydes is 1. The Hall–Kier alpha value is -0.610. The standard InChI is InChI=1S/C5H4BrNO.C2H6O/c6-4-1-5(3-8)7-2-4;1-2-3/h1-3,7H;3H,2H2,1H3. The van der Waals surface area contributed by atoms with Crippen LogP contribution >= 0.6 is 15.9 Å². The molecular weight excluding hydrogens is 210 g/mol. The van der Waals surface area contributed by atoms with Gasteiger partial charge in [0.1, 0.15) is 0 Å². The van der Waals surface area contributed by atoms with Crippen molar-refractivity contribution in [2.75, 3.05) is 6.61 Å². The minimum atomic E-state index is 0.250. The molecule has 0 unspecified atom stereocenters. The third-order valence-corrected chi connectivity index (χ3v) is 1.25. The molecular formula is C7H10BrNO2. The summed E-state index contributed by atoms with van der Waals surface area (Å²) in [5.74, 6) is 0. The summed E-state index contributed by atoms with van der Waals surface area (Å²) in [6, 6.07) is 1.72. The van der Waals surface area contributed by atoms with Gasteiger partial charge in [0.25, 0.3) is 0 Å². The van der Waals surface area contributed by atoms with E-state index < -0.39 is 0 Å². The quantitative estimate of drug-likeness (QED) is 0.706. The van der Waals surface area contributed by atoms with Crippen LogP contribution in [-0.2, 0) is 0 Å². The maximum absolute atomic E-state index is 9.97. The summed E-state index contributed by atoms with van der Waals surface area (Å²) in [6.07, 6.45) is 2.48. The molecule has 0 aliphatic carbocycles. The zero-order valence-corrected chi connectivity index (χ0v) is 7.76. The Bertz CT molecular complexity index is 210. The highest BCUT2D eigenvalue weighted by Crippen LogP contribution is 2.08. The summed E-state index contributed by atoms with van der Waals surface area (Å²) in [5.41, 5.74) is 0.594. The van der Waals surface area contributed by atoms with Crippen LogP contribution in [0.5, 0.6) is 0 Å². The topological polar surface area (TPSA) is 53.1 Å². The first-order valence-electron chi connectivity index (χ1n) is 3.14. The van der Waals surface area contributed by atoms with Crippen molar-refractivity contribution < 1.29 is 9.90 Å². The van der Waals surface area contributed by atoms with E-state index in [0.29, 0.717) is 5.69 Å². The monoisotopic (exact) mass is 219 g/mol. The fourth-order valence-electron chi connectivity index (χ4n) is 0.452. The Balaban J connectivity index is 0.000000292. The van der Waals surface area contributed by atoms with E-state index in [-0.39, 0.29) is 6.61 Å². The van der Waals surface area contributed by atoms with Crippen LogP contribution < -0.4 is 0 Å². The molecule has 1 rings (SSSR count). The Morgan fingerprint density at radius 2 is 2.36 bits per heavy atom. The van der Waals surface area contributed by atoms with E-state index >= 15 is 0 Å². The summed E-state index contributed by atoms with van der Waals surface area (Å²) in [4.78, 5) is 12.7. The molecule has 0 aliphatic heterocycles. The van der Waals surface area contributed by atoms with Gasteiger partial charge in [-0.05, 0) is 28.9 Å². The van der Waals surface area contributed by atoms with Crippen molar-refractivity contribution in [2.45, 2.75) is 6.92 Å². The molecule has 0 fully saturated rings. The second kappa shape index (κ2) is 6.12. The van der Waals surface area contributed by atoms with Gasteiger partial charge in [-0.3, -0.25) is 4.79 Å². The molecule has 1 heterocycles. The van der Waals surface area contributed by atoms with Crippen LogP contribution in [0.2, 0.25) is 0 Å². The molecule has 1 aromatic heterocycles. The predicted molar refractivity (Wildman–Crippen MR) is 46.6 cm³/mol. The van der Waals surface area contributed by atoms with Crippen LogP contribution in [0.1, 0.15) is 17.4 Å². The van der Waals surface area contributed by atoms with Gasteiger partial charge in [0.05, 0.1) is 5.69 Å². The minimum Gasteiger partial charge on any atom is -0.397 e. The van der Waals surface area contributed by atoms with E-state index in [1.165, 1.54) is 0 Å². The van der Waals surface area contributed by atoms with Crippen molar-refractivity contribution in [1.29, 1.82) is 0 Å².